The molecule has 7 rings (SSSR count). The highest BCUT2D eigenvalue weighted by Crippen LogP contribution is 2.51. The molecule has 48 heavy (non-hydrogen) atoms. The Kier molecular flexibility index (Phi) is 9.35. The number of rotatable bonds is 9. The van der Waals surface area contributed by atoms with Gasteiger partial charge in [0.2, 0.25) is 11.8 Å². The molecule has 2 N–H and O–H groups in total. The van der Waals surface area contributed by atoms with Crippen LogP contribution in [0.1, 0.15) is 30.4 Å². The summed E-state index contributed by atoms with van der Waals surface area (Å²) in [5, 5.41) is 21.8. The van der Waals surface area contributed by atoms with Crippen molar-refractivity contribution in [2.24, 2.45) is 17.8 Å². The molecule has 1 aliphatic carbocycles. The number of aromatic hydroxyl groups is 1. The van der Waals surface area contributed by atoms with Crippen LogP contribution in [-0.2, 0) is 14.2 Å². The number of imide groups is 1. The Labute approximate surface area is 288 Å². The fraction of sp³-hybridized carbons (Fsp3) is 0.231. The monoisotopic (exact) mass is 703 g/mol. The Morgan fingerprint density at radius 1 is 0.917 bits per heavy atom. The maximum atomic E-state index is 14.1. The van der Waals surface area contributed by atoms with Crippen LogP contribution in [0.3, 0.4) is 0 Å². The Balaban J connectivity index is 1.25. The summed E-state index contributed by atoms with van der Waals surface area (Å²) in [5.74, 6) is -1.10. The molecule has 9 heteroatoms. The third kappa shape index (κ3) is 6.50. The molecule has 0 saturated carbocycles. The molecule has 4 aromatic carbocycles. The Morgan fingerprint density at radius 2 is 1.60 bits per heavy atom. The van der Waals surface area contributed by atoms with Crippen LogP contribution in [0, 0.1) is 17.8 Å². The Morgan fingerprint density at radius 3 is 2.33 bits per heavy atom. The van der Waals surface area contributed by atoms with Crippen LogP contribution in [-0.4, -0.2) is 41.8 Å². The second kappa shape index (κ2) is 14.0. The third-order valence-corrected chi connectivity index (χ3v) is 10.1. The predicted octanol–water partition coefficient (Wildman–Crippen LogP) is 7.56. The van der Waals surface area contributed by atoms with Crippen molar-refractivity contribution in [1.82, 2.24) is 0 Å². The van der Waals surface area contributed by atoms with Gasteiger partial charge in [0.1, 0.15) is 18.1 Å². The number of nitrogens with zero attached hydrogens (tertiary/aromatic N) is 1. The van der Waals surface area contributed by atoms with Crippen LogP contribution in [0.2, 0.25) is 6.32 Å². The lowest BCUT2D eigenvalue weighted by molar-refractivity contribution is -0.122. The van der Waals surface area contributed by atoms with Crippen LogP contribution in [0.15, 0.2) is 125 Å². The van der Waals surface area contributed by atoms with Crippen molar-refractivity contribution in [3.8, 4) is 11.5 Å². The number of amides is 2. The second-order valence-electron chi connectivity index (χ2n) is 12.5. The normalized spacial score (nSPS) is 22.5. The standard InChI is InChI=1S/C39H35BBrNO6/c41-29-17-18-34(43)27(21-29)20-26(25-10-4-1-5-11-25)16-19-35-36-28(24-47-31-14-8-3-9-15-31)22-32-37(33(36)23-40(46)48-35)39(45)42(38(32)44)30-12-6-2-7-13-30/h1-15,17-18,20-21,32-33,35,37,43,46H,16,19,22-24H2/b26-20-/t32-,33+,35-,37-/m1/s1. The minimum atomic E-state index is -1.09. The number of hydrogen-bond acceptors (Lipinski definition) is 6. The maximum absolute atomic E-state index is 14.1. The Bertz CT molecular complexity index is 1870. The van der Waals surface area contributed by atoms with E-state index in [0.29, 0.717) is 36.3 Å². The van der Waals surface area contributed by atoms with Gasteiger partial charge in [0.25, 0.3) is 0 Å². The van der Waals surface area contributed by atoms with E-state index >= 15 is 0 Å². The third-order valence-electron chi connectivity index (χ3n) is 9.62. The fourth-order valence-electron chi connectivity index (χ4n) is 7.48. The number of phenols is 1. The van der Waals surface area contributed by atoms with Crippen LogP contribution in [0.25, 0.3) is 11.6 Å². The molecule has 3 aliphatic rings. The van der Waals surface area contributed by atoms with Crippen molar-refractivity contribution in [2.75, 3.05) is 11.5 Å². The zero-order chi connectivity index (χ0) is 33.2. The first-order valence-corrected chi connectivity index (χ1v) is 17.1. The van der Waals surface area contributed by atoms with E-state index in [1.54, 1.807) is 24.3 Å². The summed E-state index contributed by atoms with van der Waals surface area (Å²) in [6.07, 6.45) is 3.14. The van der Waals surface area contributed by atoms with Gasteiger partial charge in [0.15, 0.2) is 0 Å². The van der Waals surface area contributed by atoms with E-state index in [-0.39, 0.29) is 36.4 Å². The topological polar surface area (TPSA) is 96.3 Å². The lowest BCUT2D eigenvalue weighted by Crippen LogP contribution is -2.46. The van der Waals surface area contributed by atoms with E-state index in [2.05, 4.69) is 15.9 Å². The van der Waals surface area contributed by atoms with Gasteiger partial charge in [-0.2, -0.15) is 0 Å². The molecular weight excluding hydrogens is 669 g/mol. The van der Waals surface area contributed by atoms with Gasteiger partial charge in [-0.25, -0.2) is 0 Å². The van der Waals surface area contributed by atoms with Crippen molar-refractivity contribution in [1.29, 1.82) is 0 Å². The van der Waals surface area contributed by atoms with Gasteiger partial charge in [-0.1, -0.05) is 82.7 Å². The summed E-state index contributed by atoms with van der Waals surface area (Å²) in [5.41, 5.74) is 5.12. The molecule has 242 valence electrons. The number of carbonyl (C=O) groups is 2. The van der Waals surface area contributed by atoms with Crippen LogP contribution >= 0.6 is 15.9 Å². The second-order valence-corrected chi connectivity index (χ2v) is 13.5. The van der Waals surface area contributed by atoms with E-state index in [1.807, 2.05) is 91.0 Å². The highest BCUT2D eigenvalue weighted by Gasteiger charge is 2.57. The quantitative estimate of drug-likeness (QED) is 0.0809. The summed E-state index contributed by atoms with van der Waals surface area (Å²) >= 11 is 3.52. The number of halogens is 1. The van der Waals surface area contributed by atoms with E-state index in [9.17, 15) is 19.7 Å². The van der Waals surface area contributed by atoms with Gasteiger partial charge in [-0.15, -0.1) is 0 Å². The van der Waals surface area contributed by atoms with Crippen molar-refractivity contribution in [3.05, 3.63) is 136 Å². The molecule has 2 fully saturated rings. The minimum absolute atomic E-state index is 0.171. The number of para-hydroxylation sites is 2. The van der Waals surface area contributed by atoms with Crippen molar-refractivity contribution in [3.63, 3.8) is 0 Å². The average molecular weight is 704 g/mol. The van der Waals surface area contributed by atoms with Crippen LogP contribution in [0.5, 0.6) is 11.5 Å². The number of phenolic OH excluding ortho intramolecular Hbond substituents is 1. The van der Waals surface area contributed by atoms with Crippen LogP contribution in [0.4, 0.5) is 5.69 Å². The van der Waals surface area contributed by atoms with E-state index in [4.69, 9.17) is 9.39 Å². The summed E-state index contributed by atoms with van der Waals surface area (Å²) < 4.78 is 13.4. The van der Waals surface area contributed by atoms with Gasteiger partial charge in [-0.05, 0) is 102 Å². The highest BCUT2D eigenvalue weighted by atomic mass is 79.9. The summed E-state index contributed by atoms with van der Waals surface area (Å²) in [6.45, 7) is 0.245. The molecule has 2 heterocycles. The molecule has 0 unspecified atom stereocenters. The van der Waals surface area contributed by atoms with Gasteiger partial charge in [0.05, 0.1) is 23.6 Å². The van der Waals surface area contributed by atoms with Crippen molar-refractivity contribution in [2.45, 2.75) is 31.7 Å². The number of hydrogen-bond donors (Lipinski definition) is 2. The number of ether oxygens (including phenoxy) is 1. The van der Waals surface area contributed by atoms with Crippen LogP contribution < -0.4 is 9.64 Å². The molecule has 2 amide bonds. The van der Waals surface area contributed by atoms with Crippen molar-refractivity contribution < 1.29 is 29.1 Å². The molecule has 0 aromatic heterocycles. The summed E-state index contributed by atoms with van der Waals surface area (Å²) in [6, 6.07) is 33.9. The maximum Gasteiger partial charge on any atom is 0.455 e. The van der Waals surface area contributed by atoms with Gasteiger partial charge >= 0.3 is 7.12 Å². The molecule has 2 aliphatic heterocycles. The fourth-order valence-corrected chi connectivity index (χ4v) is 7.86. The number of benzene rings is 4. The minimum Gasteiger partial charge on any atom is -0.507 e. The lowest BCUT2D eigenvalue weighted by Gasteiger charge is -2.43. The first-order valence-electron chi connectivity index (χ1n) is 16.3. The molecule has 0 spiro atoms. The lowest BCUT2D eigenvalue weighted by atomic mass is 9.58. The van der Waals surface area contributed by atoms with Crippen molar-refractivity contribution >= 4 is 52.2 Å². The number of fused-ring (bicyclic) bond motifs is 3. The number of anilines is 1. The highest BCUT2D eigenvalue weighted by molar-refractivity contribution is 9.10. The molecular formula is C39H35BBrNO6. The largest absolute Gasteiger partial charge is 0.507 e. The van der Waals surface area contributed by atoms with Gasteiger partial charge < -0.3 is 19.5 Å². The average Bonchev–Trinajstić information content (AvgIpc) is 3.36. The number of allylic oxidation sites excluding steroid dienone is 1. The van der Waals surface area contributed by atoms with E-state index < -0.39 is 25.1 Å². The Hall–Kier alpha value is -4.44. The number of carbonyl (C=O) groups excluding carboxylic acids is 2. The molecule has 7 nitrogen and oxygen atoms in total. The van der Waals surface area contributed by atoms with Gasteiger partial charge in [0, 0.05) is 10.0 Å². The summed E-state index contributed by atoms with van der Waals surface area (Å²) in [4.78, 5) is 29.4. The smallest absolute Gasteiger partial charge is 0.455 e. The molecule has 0 bridgehead atoms. The zero-order valence-electron chi connectivity index (χ0n) is 26.2. The molecule has 2 saturated heterocycles. The predicted molar refractivity (Wildman–Crippen MR) is 190 cm³/mol. The first kappa shape index (κ1) is 32.1. The molecule has 0 radical (unpaired) electrons. The molecule has 4 atom stereocenters. The SMILES string of the molecule is O=C1[C@@H]2[C@@H](CC(COc3ccccc3)=C3[C@@H](CC/C(=C/c4cc(Br)ccc4O)c4ccccc4)OB(O)C[C@@H]32)C(=O)N1c1ccccc1. The zero-order valence-corrected chi connectivity index (χ0v) is 27.8. The molecule has 4 aromatic rings. The summed E-state index contributed by atoms with van der Waals surface area (Å²) in [7, 11) is -1.09. The van der Waals surface area contributed by atoms with E-state index in [1.165, 1.54) is 4.90 Å². The van der Waals surface area contributed by atoms with E-state index in [0.717, 1.165) is 26.8 Å². The first-order chi connectivity index (χ1) is 23.4. The van der Waals surface area contributed by atoms with Gasteiger partial charge in [-0.3, -0.25) is 14.5 Å².